The van der Waals surface area contributed by atoms with Gasteiger partial charge < -0.3 is 14.5 Å². The number of carbonyl (C=O) groups excluding carboxylic acids is 1. The van der Waals surface area contributed by atoms with E-state index in [0.29, 0.717) is 17.1 Å². The molecule has 0 saturated carbocycles. The Morgan fingerprint density at radius 1 is 0.971 bits per heavy atom. The average molecular weight is 475 g/mol. The van der Waals surface area contributed by atoms with Gasteiger partial charge in [-0.15, -0.1) is 5.06 Å². The highest BCUT2D eigenvalue weighted by molar-refractivity contribution is 6.07. The number of rotatable bonds is 5. The zero-order valence-corrected chi connectivity index (χ0v) is 20.5. The average Bonchev–Trinajstić information content (AvgIpc) is 3.32. The minimum absolute atomic E-state index is 0.0723. The molecule has 184 valence electrons. The van der Waals surface area contributed by atoms with Crippen LogP contribution in [0.25, 0.3) is 10.8 Å². The molecule has 3 aliphatic heterocycles. The van der Waals surface area contributed by atoms with Crippen LogP contribution in [0, 0.1) is 0 Å². The number of hydrogen-bond donors (Lipinski definition) is 0. The first kappa shape index (κ1) is 22.6. The van der Waals surface area contributed by atoms with Crippen LogP contribution in [0.1, 0.15) is 48.9 Å². The van der Waals surface area contributed by atoms with Crippen LogP contribution in [0.5, 0.6) is 11.5 Å². The fraction of sp³-hybridized carbons (Fsp3) is 0.500. The van der Waals surface area contributed by atoms with E-state index in [4.69, 9.17) is 14.6 Å². The predicted molar refractivity (Wildman–Crippen MR) is 138 cm³/mol. The lowest BCUT2D eigenvalue weighted by atomic mass is 9.99. The summed E-state index contributed by atoms with van der Waals surface area (Å²) in [5, 5.41) is 3.99. The van der Waals surface area contributed by atoms with Crippen molar-refractivity contribution in [2.45, 2.75) is 44.6 Å². The Kier molecular flexibility index (Phi) is 6.20. The number of aliphatic imine (C=N–C) groups is 1. The van der Waals surface area contributed by atoms with Crippen LogP contribution in [0.15, 0.2) is 40.9 Å². The van der Waals surface area contributed by atoms with Crippen molar-refractivity contribution in [3.63, 3.8) is 0 Å². The number of benzene rings is 2. The number of amides is 1. The Hall–Kier alpha value is -2.90. The smallest absolute Gasteiger partial charge is 0.256 e. The standard InChI is InChI=1S/C28H34N4O3/c1-34-26-16-21-14-24-25(29-18-23-8-5-9-32(23)28(24)33)15-22(21)17-27(26)35-31-12-10-30(11-13-31)19-20-6-3-2-4-7-20/h6,14-18,23H,2-5,7-13,19H2,1H3. The van der Waals surface area contributed by atoms with Gasteiger partial charge in [0.15, 0.2) is 11.5 Å². The molecule has 1 unspecified atom stereocenters. The van der Waals surface area contributed by atoms with E-state index in [1.165, 1.54) is 25.7 Å². The van der Waals surface area contributed by atoms with Gasteiger partial charge in [0.1, 0.15) is 0 Å². The molecule has 1 amide bonds. The molecular formula is C28H34N4O3. The van der Waals surface area contributed by atoms with Crippen LogP contribution in [0.4, 0.5) is 5.69 Å². The summed E-state index contributed by atoms with van der Waals surface area (Å²) in [6, 6.07) is 8.05. The maximum absolute atomic E-state index is 13.2. The van der Waals surface area contributed by atoms with Gasteiger partial charge in [-0.3, -0.25) is 14.7 Å². The fourth-order valence-corrected chi connectivity index (χ4v) is 5.78. The van der Waals surface area contributed by atoms with Gasteiger partial charge in [-0.1, -0.05) is 11.6 Å². The third kappa shape index (κ3) is 4.55. The molecule has 3 heterocycles. The lowest BCUT2D eigenvalue weighted by Gasteiger charge is -2.35. The number of hydroxylamine groups is 2. The highest BCUT2D eigenvalue weighted by atomic mass is 16.7. The zero-order chi connectivity index (χ0) is 23.8. The second-order valence-corrected chi connectivity index (χ2v) is 10.1. The number of allylic oxidation sites excluding steroid dienone is 1. The molecular weight excluding hydrogens is 440 g/mol. The van der Waals surface area contributed by atoms with Gasteiger partial charge in [-0.05, 0) is 73.6 Å². The maximum atomic E-state index is 13.2. The third-order valence-corrected chi connectivity index (χ3v) is 7.78. The highest BCUT2D eigenvalue weighted by Gasteiger charge is 2.32. The number of methoxy groups -OCH3 is 1. The molecule has 0 bridgehead atoms. The molecule has 0 aromatic heterocycles. The lowest BCUT2D eigenvalue weighted by Crippen LogP contribution is -2.48. The topological polar surface area (TPSA) is 57.6 Å². The van der Waals surface area contributed by atoms with Gasteiger partial charge in [0.25, 0.3) is 5.91 Å². The van der Waals surface area contributed by atoms with E-state index in [1.54, 1.807) is 12.7 Å². The van der Waals surface area contributed by atoms with Crippen molar-refractivity contribution in [3.8, 4) is 11.5 Å². The molecule has 1 aliphatic carbocycles. The molecule has 6 rings (SSSR count). The van der Waals surface area contributed by atoms with Gasteiger partial charge in [-0.25, -0.2) is 0 Å². The first-order chi connectivity index (χ1) is 17.2. The number of ether oxygens (including phenoxy) is 1. The second-order valence-electron chi connectivity index (χ2n) is 10.1. The number of hydrogen-bond acceptors (Lipinski definition) is 6. The van der Waals surface area contributed by atoms with E-state index in [9.17, 15) is 4.79 Å². The minimum atomic E-state index is 0.0723. The van der Waals surface area contributed by atoms with Crippen LogP contribution < -0.4 is 9.57 Å². The number of nitrogens with zero attached hydrogens (tertiary/aromatic N) is 4. The summed E-state index contributed by atoms with van der Waals surface area (Å²) in [6.45, 7) is 5.59. The van der Waals surface area contributed by atoms with E-state index >= 15 is 0 Å². The SMILES string of the molecule is COc1cc2cc3c(cc2cc1ON1CCN(CC2=CCCCC2)CC1)N=CC1CCCN1C3=O. The van der Waals surface area contributed by atoms with Crippen LogP contribution >= 0.6 is 0 Å². The Labute approximate surface area is 206 Å². The van der Waals surface area contributed by atoms with E-state index in [1.807, 2.05) is 40.4 Å². The van der Waals surface area contributed by atoms with Crippen molar-refractivity contribution in [2.75, 3.05) is 46.4 Å². The van der Waals surface area contributed by atoms with Crippen LogP contribution in [-0.4, -0.2) is 79.4 Å². The van der Waals surface area contributed by atoms with E-state index in [-0.39, 0.29) is 11.9 Å². The van der Waals surface area contributed by atoms with Crippen molar-refractivity contribution in [2.24, 2.45) is 4.99 Å². The molecule has 7 nitrogen and oxygen atoms in total. The Morgan fingerprint density at radius 3 is 2.60 bits per heavy atom. The molecule has 0 spiro atoms. The van der Waals surface area contributed by atoms with Crippen molar-refractivity contribution < 1.29 is 14.4 Å². The zero-order valence-electron chi connectivity index (χ0n) is 20.5. The lowest BCUT2D eigenvalue weighted by molar-refractivity contribution is -0.0885. The summed E-state index contributed by atoms with van der Waals surface area (Å²) >= 11 is 0. The Bertz CT molecular complexity index is 1180. The van der Waals surface area contributed by atoms with Crippen LogP contribution in [0.2, 0.25) is 0 Å². The summed E-state index contributed by atoms with van der Waals surface area (Å²) in [5.41, 5.74) is 3.00. The normalized spacial score (nSPS) is 23.1. The molecule has 0 radical (unpaired) electrons. The van der Waals surface area contributed by atoms with Gasteiger partial charge in [-0.2, -0.15) is 0 Å². The fourth-order valence-electron chi connectivity index (χ4n) is 5.78. The molecule has 7 heteroatoms. The van der Waals surface area contributed by atoms with Gasteiger partial charge >= 0.3 is 0 Å². The predicted octanol–water partition coefficient (Wildman–Crippen LogP) is 4.58. The molecule has 4 aliphatic rings. The first-order valence-electron chi connectivity index (χ1n) is 13.0. The maximum Gasteiger partial charge on any atom is 0.256 e. The number of fused-ring (bicyclic) bond motifs is 3. The van der Waals surface area contributed by atoms with Crippen molar-refractivity contribution in [1.29, 1.82) is 0 Å². The Morgan fingerprint density at radius 2 is 1.80 bits per heavy atom. The van der Waals surface area contributed by atoms with Crippen molar-refractivity contribution in [3.05, 3.63) is 41.5 Å². The van der Waals surface area contributed by atoms with Gasteiger partial charge in [0.05, 0.1) is 24.4 Å². The summed E-state index contributed by atoms with van der Waals surface area (Å²) in [4.78, 5) is 28.7. The van der Waals surface area contributed by atoms with Crippen LogP contribution in [0.3, 0.4) is 0 Å². The first-order valence-corrected chi connectivity index (χ1v) is 13.0. The second kappa shape index (κ2) is 9.63. The van der Waals surface area contributed by atoms with Crippen molar-refractivity contribution in [1.82, 2.24) is 14.9 Å². The largest absolute Gasteiger partial charge is 0.493 e. The number of piperazine rings is 1. The summed E-state index contributed by atoms with van der Waals surface area (Å²) in [7, 11) is 1.66. The van der Waals surface area contributed by atoms with E-state index in [2.05, 4.69) is 11.0 Å². The van der Waals surface area contributed by atoms with Gasteiger partial charge in [0.2, 0.25) is 0 Å². The van der Waals surface area contributed by atoms with E-state index in [0.717, 1.165) is 68.6 Å². The van der Waals surface area contributed by atoms with Gasteiger partial charge in [0, 0.05) is 45.5 Å². The Balaban J connectivity index is 1.20. The van der Waals surface area contributed by atoms with Crippen LogP contribution in [-0.2, 0) is 0 Å². The number of carbonyl (C=O) groups is 1. The molecule has 1 atom stereocenters. The summed E-state index contributed by atoms with van der Waals surface area (Å²) in [6.07, 6.45) is 11.6. The highest BCUT2D eigenvalue weighted by Crippen LogP contribution is 2.38. The monoisotopic (exact) mass is 474 g/mol. The third-order valence-electron chi connectivity index (χ3n) is 7.78. The van der Waals surface area contributed by atoms with Crippen molar-refractivity contribution >= 4 is 28.6 Å². The molecule has 2 aromatic rings. The molecule has 35 heavy (non-hydrogen) atoms. The molecule has 0 N–H and O–H groups in total. The molecule has 2 saturated heterocycles. The summed E-state index contributed by atoms with van der Waals surface area (Å²) in [5.74, 6) is 1.45. The quantitative estimate of drug-likeness (QED) is 0.594. The minimum Gasteiger partial charge on any atom is -0.493 e. The molecule has 2 fully saturated rings. The molecule has 2 aromatic carbocycles. The summed E-state index contributed by atoms with van der Waals surface area (Å²) < 4.78 is 5.69. The van der Waals surface area contributed by atoms with E-state index < -0.39 is 0 Å².